The molecular weight excluding hydrogens is 230 g/mol. The Bertz CT molecular complexity index is 210. The topological polar surface area (TPSA) is 48.0 Å². The molecule has 0 spiro atoms. The van der Waals surface area contributed by atoms with Gasteiger partial charge in [-0.3, -0.25) is 9.80 Å². The first-order valence-corrected chi connectivity index (χ1v) is 7.01. The summed E-state index contributed by atoms with van der Waals surface area (Å²) in [6.45, 7) is 11.6. The van der Waals surface area contributed by atoms with Gasteiger partial charge in [0.2, 0.25) is 0 Å². The van der Waals surface area contributed by atoms with E-state index < -0.39 is 0 Å². The third-order valence-corrected chi connectivity index (χ3v) is 3.56. The van der Waals surface area contributed by atoms with Crippen molar-refractivity contribution in [2.45, 2.75) is 26.0 Å². The lowest BCUT2D eigenvalue weighted by atomic mass is 10.2. The fourth-order valence-corrected chi connectivity index (χ4v) is 2.49. The third kappa shape index (κ3) is 5.63. The molecule has 5 nitrogen and oxygen atoms in total. The zero-order valence-electron chi connectivity index (χ0n) is 12.1. The van der Waals surface area contributed by atoms with E-state index in [4.69, 9.17) is 4.74 Å². The average molecular weight is 259 g/mol. The molecule has 1 aliphatic rings. The summed E-state index contributed by atoms with van der Waals surface area (Å²) in [5.41, 5.74) is 0. The van der Waals surface area contributed by atoms with Crippen LogP contribution in [0, 0.1) is 0 Å². The molecule has 0 aromatic rings. The molecule has 2 atom stereocenters. The van der Waals surface area contributed by atoms with Gasteiger partial charge in [-0.05, 0) is 13.5 Å². The van der Waals surface area contributed by atoms with Gasteiger partial charge in [0.25, 0.3) is 0 Å². The summed E-state index contributed by atoms with van der Waals surface area (Å²) < 4.78 is 5.18. The standard InChI is InChI=1S/C13H29N3O2/c1-4-16(12(2)11-18-3)10-13(17)9-15-7-5-14-6-8-15/h12-14,17H,4-11H2,1-3H3. The normalized spacial score (nSPS) is 21.2. The van der Waals surface area contributed by atoms with Crippen molar-refractivity contribution in [2.24, 2.45) is 0 Å². The first-order valence-electron chi connectivity index (χ1n) is 7.01. The molecular formula is C13H29N3O2. The Morgan fingerprint density at radius 1 is 1.39 bits per heavy atom. The lowest BCUT2D eigenvalue weighted by Gasteiger charge is -2.33. The highest BCUT2D eigenvalue weighted by molar-refractivity contribution is 4.75. The summed E-state index contributed by atoms with van der Waals surface area (Å²) in [5, 5.41) is 13.5. The Labute approximate surface area is 111 Å². The molecule has 0 amide bonds. The highest BCUT2D eigenvalue weighted by Crippen LogP contribution is 2.03. The lowest BCUT2D eigenvalue weighted by Crippen LogP contribution is -2.49. The smallest absolute Gasteiger partial charge is 0.0793 e. The first kappa shape index (κ1) is 15.9. The van der Waals surface area contributed by atoms with Crippen molar-refractivity contribution < 1.29 is 9.84 Å². The molecule has 0 saturated carbocycles. The van der Waals surface area contributed by atoms with E-state index in [-0.39, 0.29) is 6.10 Å². The van der Waals surface area contributed by atoms with Gasteiger partial charge in [0, 0.05) is 52.4 Å². The minimum absolute atomic E-state index is 0.276. The first-order chi connectivity index (χ1) is 8.67. The number of aliphatic hydroxyl groups excluding tert-OH is 1. The second kappa shape index (κ2) is 8.82. The number of aliphatic hydroxyl groups is 1. The van der Waals surface area contributed by atoms with Crippen LogP contribution in [0.15, 0.2) is 0 Å². The molecule has 108 valence electrons. The van der Waals surface area contributed by atoms with Crippen LogP contribution in [0.25, 0.3) is 0 Å². The summed E-state index contributed by atoms with van der Waals surface area (Å²) in [6, 6.07) is 0.359. The van der Waals surface area contributed by atoms with Crippen LogP contribution in [-0.2, 0) is 4.74 Å². The molecule has 1 aliphatic heterocycles. The van der Waals surface area contributed by atoms with Crippen molar-refractivity contribution in [1.82, 2.24) is 15.1 Å². The van der Waals surface area contributed by atoms with E-state index in [1.807, 2.05) is 0 Å². The Balaban J connectivity index is 2.29. The Morgan fingerprint density at radius 2 is 2.06 bits per heavy atom. The van der Waals surface area contributed by atoms with Crippen molar-refractivity contribution in [2.75, 3.05) is 59.5 Å². The van der Waals surface area contributed by atoms with Crippen LogP contribution in [0.5, 0.6) is 0 Å². The number of nitrogens with one attached hydrogen (secondary N) is 1. The molecule has 18 heavy (non-hydrogen) atoms. The number of hydrogen-bond donors (Lipinski definition) is 2. The summed E-state index contributed by atoms with van der Waals surface area (Å²) in [4.78, 5) is 4.60. The number of nitrogens with zero attached hydrogens (tertiary/aromatic N) is 2. The highest BCUT2D eigenvalue weighted by atomic mass is 16.5. The highest BCUT2D eigenvalue weighted by Gasteiger charge is 2.19. The second-order valence-electron chi connectivity index (χ2n) is 5.10. The van der Waals surface area contributed by atoms with Crippen molar-refractivity contribution in [3.8, 4) is 0 Å². The van der Waals surface area contributed by atoms with Crippen molar-refractivity contribution in [3.63, 3.8) is 0 Å². The van der Waals surface area contributed by atoms with Gasteiger partial charge in [-0.15, -0.1) is 0 Å². The molecule has 0 aromatic carbocycles. The minimum Gasteiger partial charge on any atom is -0.390 e. The number of ether oxygens (including phenoxy) is 1. The number of rotatable bonds is 8. The number of hydrogen-bond acceptors (Lipinski definition) is 5. The maximum Gasteiger partial charge on any atom is 0.0793 e. The van der Waals surface area contributed by atoms with E-state index in [9.17, 15) is 5.11 Å². The van der Waals surface area contributed by atoms with Crippen LogP contribution < -0.4 is 5.32 Å². The van der Waals surface area contributed by atoms with Gasteiger partial charge in [0.05, 0.1) is 12.7 Å². The molecule has 2 unspecified atom stereocenters. The van der Waals surface area contributed by atoms with E-state index in [1.54, 1.807) is 7.11 Å². The molecule has 1 heterocycles. The predicted molar refractivity (Wildman–Crippen MR) is 73.9 cm³/mol. The molecule has 0 aliphatic carbocycles. The predicted octanol–water partition coefficient (Wildman–Crippen LogP) is -0.391. The van der Waals surface area contributed by atoms with E-state index in [0.29, 0.717) is 12.6 Å². The van der Waals surface area contributed by atoms with E-state index in [0.717, 1.165) is 45.8 Å². The zero-order chi connectivity index (χ0) is 13.4. The largest absolute Gasteiger partial charge is 0.390 e. The number of methoxy groups -OCH3 is 1. The van der Waals surface area contributed by atoms with Crippen LogP contribution in [0.2, 0.25) is 0 Å². The van der Waals surface area contributed by atoms with Crippen LogP contribution in [0.4, 0.5) is 0 Å². The van der Waals surface area contributed by atoms with Gasteiger partial charge in [0.15, 0.2) is 0 Å². The maximum absolute atomic E-state index is 10.2. The summed E-state index contributed by atoms with van der Waals surface area (Å²) in [5.74, 6) is 0. The fourth-order valence-electron chi connectivity index (χ4n) is 2.49. The number of likely N-dealkylation sites (N-methyl/N-ethyl adjacent to an activating group) is 1. The lowest BCUT2D eigenvalue weighted by molar-refractivity contribution is 0.0387. The molecule has 2 N–H and O–H groups in total. The van der Waals surface area contributed by atoms with E-state index >= 15 is 0 Å². The number of β-amino-alcohol motifs (C(OH)–C–C–N with tert-alkyl or cyclic N) is 1. The zero-order valence-corrected chi connectivity index (χ0v) is 12.1. The third-order valence-electron chi connectivity index (χ3n) is 3.56. The molecule has 5 heteroatoms. The van der Waals surface area contributed by atoms with Crippen molar-refractivity contribution in [3.05, 3.63) is 0 Å². The van der Waals surface area contributed by atoms with E-state index in [1.165, 1.54) is 0 Å². The van der Waals surface area contributed by atoms with Crippen LogP contribution in [0.1, 0.15) is 13.8 Å². The van der Waals surface area contributed by atoms with Gasteiger partial charge in [-0.1, -0.05) is 6.92 Å². The second-order valence-corrected chi connectivity index (χ2v) is 5.10. The van der Waals surface area contributed by atoms with Gasteiger partial charge >= 0.3 is 0 Å². The SMILES string of the molecule is CCN(CC(O)CN1CCNCC1)C(C)COC. The maximum atomic E-state index is 10.2. The monoisotopic (exact) mass is 259 g/mol. The van der Waals surface area contributed by atoms with Crippen LogP contribution >= 0.6 is 0 Å². The summed E-state index contributed by atoms with van der Waals surface area (Å²) in [7, 11) is 1.72. The molecule has 0 aromatic heterocycles. The minimum atomic E-state index is -0.276. The molecule has 0 bridgehead atoms. The Hall–Kier alpha value is -0.200. The van der Waals surface area contributed by atoms with Gasteiger partial charge in [-0.2, -0.15) is 0 Å². The Morgan fingerprint density at radius 3 is 2.61 bits per heavy atom. The van der Waals surface area contributed by atoms with Gasteiger partial charge in [0.1, 0.15) is 0 Å². The van der Waals surface area contributed by atoms with Gasteiger partial charge < -0.3 is 15.2 Å². The van der Waals surface area contributed by atoms with Gasteiger partial charge in [-0.25, -0.2) is 0 Å². The van der Waals surface area contributed by atoms with Crippen molar-refractivity contribution >= 4 is 0 Å². The van der Waals surface area contributed by atoms with Crippen molar-refractivity contribution in [1.29, 1.82) is 0 Å². The van der Waals surface area contributed by atoms with Crippen LogP contribution in [0.3, 0.4) is 0 Å². The summed E-state index contributed by atoms with van der Waals surface area (Å²) in [6.07, 6.45) is -0.276. The molecule has 1 fully saturated rings. The fraction of sp³-hybridized carbons (Fsp3) is 1.00. The molecule has 1 rings (SSSR count). The quantitative estimate of drug-likeness (QED) is 0.622. The Kier molecular flexibility index (Phi) is 7.77. The number of piperazine rings is 1. The van der Waals surface area contributed by atoms with E-state index in [2.05, 4.69) is 29.0 Å². The molecule has 1 saturated heterocycles. The average Bonchev–Trinajstić information content (AvgIpc) is 2.37. The van der Waals surface area contributed by atoms with Crippen LogP contribution in [-0.4, -0.2) is 86.6 Å². The summed E-state index contributed by atoms with van der Waals surface area (Å²) >= 11 is 0. The molecule has 0 radical (unpaired) electrons.